The Hall–Kier alpha value is -3.98. The predicted octanol–water partition coefficient (Wildman–Crippen LogP) is 4.12. The van der Waals surface area contributed by atoms with E-state index in [4.69, 9.17) is 0 Å². The highest BCUT2D eigenvalue weighted by Gasteiger charge is 2.15. The fourth-order valence-electron chi connectivity index (χ4n) is 3.03. The second kappa shape index (κ2) is 9.03. The summed E-state index contributed by atoms with van der Waals surface area (Å²) in [6.45, 7) is 0.606. The lowest BCUT2D eigenvalue weighted by molar-refractivity contribution is 0.102. The molecule has 0 fully saturated rings. The van der Waals surface area contributed by atoms with E-state index in [2.05, 4.69) is 15.1 Å². The van der Waals surface area contributed by atoms with Crippen LogP contribution >= 0.6 is 0 Å². The van der Waals surface area contributed by atoms with Crippen LogP contribution in [0.15, 0.2) is 96.2 Å². The van der Waals surface area contributed by atoms with Crippen LogP contribution in [0, 0.1) is 5.82 Å². The SMILES string of the molecule is O=C(Nc1ccc(S(=O)(=O)Nc2cccc(F)c2)cc1)c1ccc(Cn2cccn2)cc1. The van der Waals surface area contributed by atoms with Gasteiger partial charge in [0.1, 0.15) is 5.82 Å². The van der Waals surface area contributed by atoms with Gasteiger partial charge in [0.05, 0.1) is 17.1 Å². The summed E-state index contributed by atoms with van der Waals surface area (Å²) in [7, 11) is -3.89. The number of nitrogens with zero attached hydrogens (tertiary/aromatic N) is 2. The van der Waals surface area contributed by atoms with Crippen molar-refractivity contribution in [2.24, 2.45) is 0 Å². The summed E-state index contributed by atoms with van der Waals surface area (Å²) in [5, 5.41) is 6.89. The third-order valence-corrected chi connectivity index (χ3v) is 6.02. The number of hydrogen-bond donors (Lipinski definition) is 2. The highest BCUT2D eigenvalue weighted by molar-refractivity contribution is 7.92. The molecule has 0 spiro atoms. The number of sulfonamides is 1. The van der Waals surface area contributed by atoms with Crippen molar-refractivity contribution in [1.29, 1.82) is 0 Å². The van der Waals surface area contributed by atoms with Crippen LogP contribution in [0.2, 0.25) is 0 Å². The fourth-order valence-corrected chi connectivity index (χ4v) is 4.08. The lowest BCUT2D eigenvalue weighted by Crippen LogP contribution is -2.14. The Morgan fingerprint density at radius 2 is 1.69 bits per heavy atom. The van der Waals surface area contributed by atoms with Crippen LogP contribution in [0.1, 0.15) is 15.9 Å². The van der Waals surface area contributed by atoms with Crippen LogP contribution in [-0.2, 0) is 16.6 Å². The fraction of sp³-hybridized carbons (Fsp3) is 0.0435. The van der Waals surface area contributed by atoms with Gasteiger partial charge in [0.15, 0.2) is 0 Å². The van der Waals surface area contributed by atoms with Crippen molar-refractivity contribution < 1.29 is 17.6 Å². The summed E-state index contributed by atoms with van der Waals surface area (Å²) in [5.41, 5.74) is 2.04. The summed E-state index contributed by atoms with van der Waals surface area (Å²) < 4.78 is 42.4. The van der Waals surface area contributed by atoms with E-state index in [-0.39, 0.29) is 16.5 Å². The summed E-state index contributed by atoms with van der Waals surface area (Å²) >= 11 is 0. The van der Waals surface area contributed by atoms with Gasteiger partial charge in [-0.15, -0.1) is 0 Å². The highest BCUT2D eigenvalue weighted by Crippen LogP contribution is 2.19. The van der Waals surface area contributed by atoms with E-state index in [1.807, 2.05) is 24.4 Å². The molecule has 0 atom stereocenters. The van der Waals surface area contributed by atoms with Crippen molar-refractivity contribution in [1.82, 2.24) is 9.78 Å². The van der Waals surface area contributed by atoms with Gasteiger partial charge in [-0.1, -0.05) is 18.2 Å². The quantitative estimate of drug-likeness (QED) is 0.443. The van der Waals surface area contributed by atoms with E-state index in [9.17, 15) is 17.6 Å². The van der Waals surface area contributed by atoms with Crippen molar-refractivity contribution in [3.63, 3.8) is 0 Å². The summed E-state index contributed by atoms with van der Waals surface area (Å²) in [6.07, 6.45) is 3.56. The van der Waals surface area contributed by atoms with E-state index in [1.165, 1.54) is 42.5 Å². The molecule has 0 aliphatic heterocycles. The summed E-state index contributed by atoms with van der Waals surface area (Å²) in [6, 6.07) is 19.9. The number of halogens is 1. The molecular formula is C23H19FN4O3S. The third kappa shape index (κ3) is 5.19. The van der Waals surface area contributed by atoms with Crippen LogP contribution in [0.25, 0.3) is 0 Å². The zero-order valence-electron chi connectivity index (χ0n) is 16.8. The van der Waals surface area contributed by atoms with Crippen molar-refractivity contribution >= 4 is 27.3 Å². The number of aromatic nitrogens is 2. The first-order chi connectivity index (χ1) is 15.4. The second-order valence-corrected chi connectivity index (χ2v) is 8.68. The van der Waals surface area contributed by atoms with Gasteiger partial charge in [0, 0.05) is 23.6 Å². The van der Waals surface area contributed by atoms with Crippen LogP contribution in [0.4, 0.5) is 15.8 Å². The first-order valence-corrected chi connectivity index (χ1v) is 11.1. The van der Waals surface area contributed by atoms with Gasteiger partial charge < -0.3 is 5.32 Å². The second-order valence-electron chi connectivity index (χ2n) is 6.99. The van der Waals surface area contributed by atoms with Crippen molar-refractivity contribution in [2.45, 2.75) is 11.4 Å². The molecule has 0 unspecified atom stereocenters. The number of benzene rings is 3. The molecule has 0 saturated carbocycles. The van der Waals surface area contributed by atoms with E-state index in [1.54, 1.807) is 23.0 Å². The molecule has 3 aromatic carbocycles. The molecule has 1 aromatic heterocycles. The minimum Gasteiger partial charge on any atom is -0.322 e. The Balaban J connectivity index is 1.40. The molecule has 2 N–H and O–H groups in total. The first-order valence-electron chi connectivity index (χ1n) is 9.65. The van der Waals surface area contributed by atoms with Crippen LogP contribution < -0.4 is 10.0 Å². The van der Waals surface area contributed by atoms with E-state index >= 15 is 0 Å². The van der Waals surface area contributed by atoms with Crippen molar-refractivity contribution in [3.8, 4) is 0 Å². The van der Waals surface area contributed by atoms with Crippen molar-refractivity contribution in [3.05, 3.63) is 108 Å². The number of nitrogens with one attached hydrogen (secondary N) is 2. The highest BCUT2D eigenvalue weighted by atomic mass is 32.2. The topological polar surface area (TPSA) is 93.1 Å². The Morgan fingerprint density at radius 3 is 2.34 bits per heavy atom. The molecule has 0 radical (unpaired) electrons. The van der Waals surface area contributed by atoms with E-state index in [0.717, 1.165) is 11.6 Å². The average Bonchev–Trinajstić information content (AvgIpc) is 3.27. The van der Waals surface area contributed by atoms with Crippen LogP contribution in [0.5, 0.6) is 0 Å². The smallest absolute Gasteiger partial charge is 0.261 e. The van der Waals surface area contributed by atoms with Gasteiger partial charge in [-0.05, 0) is 66.2 Å². The molecule has 0 aliphatic rings. The first kappa shape index (κ1) is 21.3. The largest absolute Gasteiger partial charge is 0.322 e. The Bertz CT molecular complexity index is 1320. The Kier molecular flexibility index (Phi) is 6.00. The molecule has 0 bridgehead atoms. The van der Waals surface area contributed by atoms with Gasteiger partial charge in [0.25, 0.3) is 15.9 Å². The van der Waals surface area contributed by atoms with Gasteiger partial charge in [-0.2, -0.15) is 5.10 Å². The third-order valence-electron chi connectivity index (χ3n) is 4.62. The minimum atomic E-state index is -3.89. The van der Waals surface area contributed by atoms with E-state index in [0.29, 0.717) is 17.8 Å². The van der Waals surface area contributed by atoms with Crippen LogP contribution in [-0.4, -0.2) is 24.1 Å². The molecular weight excluding hydrogens is 431 g/mol. The maximum Gasteiger partial charge on any atom is 0.261 e. The molecule has 1 amide bonds. The Morgan fingerprint density at radius 1 is 0.938 bits per heavy atom. The molecule has 0 saturated heterocycles. The molecule has 9 heteroatoms. The molecule has 1 heterocycles. The minimum absolute atomic E-state index is 0.0114. The Labute approximate surface area is 184 Å². The number of rotatable bonds is 7. The predicted molar refractivity (Wildman–Crippen MR) is 119 cm³/mol. The normalized spacial score (nSPS) is 11.2. The molecule has 32 heavy (non-hydrogen) atoms. The maximum absolute atomic E-state index is 13.3. The number of hydrogen-bond acceptors (Lipinski definition) is 4. The number of carbonyl (C=O) groups excluding carboxylic acids is 1. The molecule has 4 rings (SSSR count). The van der Waals surface area contributed by atoms with Gasteiger partial charge >= 0.3 is 0 Å². The van der Waals surface area contributed by atoms with Gasteiger partial charge in [0.2, 0.25) is 0 Å². The number of anilines is 2. The van der Waals surface area contributed by atoms with Crippen molar-refractivity contribution in [2.75, 3.05) is 10.0 Å². The lowest BCUT2D eigenvalue weighted by Gasteiger charge is -2.10. The molecule has 0 aliphatic carbocycles. The van der Waals surface area contributed by atoms with E-state index < -0.39 is 15.8 Å². The molecule has 4 aromatic rings. The number of carbonyl (C=O) groups is 1. The molecule has 7 nitrogen and oxygen atoms in total. The zero-order chi connectivity index (χ0) is 22.6. The maximum atomic E-state index is 13.3. The summed E-state index contributed by atoms with van der Waals surface area (Å²) in [5.74, 6) is -0.859. The van der Waals surface area contributed by atoms with Gasteiger partial charge in [-0.3, -0.25) is 14.2 Å². The standard InChI is InChI=1S/C23H19FN4O3S/c24-19-3-1-4-21(15-19)27-32(30,31)22-11-9-20(10-12-22)26-23(29)18-7-5-17(6-8-18)16-28-14-2-13-25-28/h1-15,27H,16H2,(H,26,29). The van der Waals surface area contributed by atoms with Gasteiger partial charge in [-0.25, -0.2) is 12.8 Å². The monoisotopic (exact) mass is 450 g/mol. The average molecular weight is 450 g/mol. The lowest BCUT2D eigenvalue weighted by atomic mass is 10.1. The molecule has 162 valence electrons. The number of amides is 1. The van der Waals surface area contributed by atoms with Crippen LogP contribution in [0.3, 0.4) is 0 Å². The summed E-state index contributed by atoms with van der Waals surface area (Å²) in [4.78, 5) is 12.5. The zero-order valence-corrected chi connectivity index (χ0v) is 17.6.